The van der Waals surface area contributed by atoms with Gasteiger partial charge in [0.2, 0.25) is 5.13 Å². The molecule has 2 aromatic heterocycles. The topological polar surface area (TPSA) is 51.0 Å². The zero-order chi connectivity index (χ0) is 13.3. The van der Waals surface area contributed by atoms with Crippen LogP contribution < -0.4 is 5.32 Å². The number of rotatable bonds is 4. The third kappa shape index (κ3) is 2.72. The first kappa shape index (κ1) is 13.1. The monoisotopic (exact) mass is 265 g/mol. The molecule has 0 spiro atoms. The molecule has 2 heterocycles. The standard InChI is InChI=1S/C13H19N3OS/c1-7(2)12-15-13(18-16-12)14-9(4)11-6-8(3)17-10(11)5/h6-7,9H,1-5H3,(H,14,15,16). The SMILES string of the molecule is Cc1cc(C(C)Nc2nc(C(C)C)ns2)c(C)o1. The number of nitrogens with one attached hydrogen (secondary N) is 1. The maximum Gasteiger partial charge on any atom is 0.203 e. The minimum Gasteiger partial charge on any atom is -0.466 e. The molecule has 0 aliphatic carbocycles. The van der Waals surface area contributed by atoms with Gasteiger partial charge >= 0.3 is 0 Å². The number of hydrogen-bond donors (Lipinski definition) is 1. The number of furan rings is 1. The van der Waals surface area contributed by atoms with E-state index in [0.717, 1.165) is 22.5 Å². The normalized spacial score (nSPS) is 13.0. The van der Waals surface area contributed by atoms with Gasteiger partial charge in [0, 0.05) is 23.0 Å². The van der Waals surface area contributed by atoms with Gasteiger partial charge in [-0.25, -0.2) is 4.98 Å². The van der Waals surface area contributed by atoms with Gasteiger partial charge in [0.25, 0.3) is 0 Å². The second kappa shape index (κ2) is 5.10. The van der Waals surface area contributed by atoms with E-state index in [4.69, 9.17) is 4.42 Å². The van der Waals surface area contributed by atoms with Crippen molar-refractivity contribution in [1.82, 2.24) is 9.36 Å². The van der Waals surface area contributed by atoms with Crippen LogP contribution in [0.1, 0.15) is 55.6 Å². The van der Waals surface area contributed by atoms with Crippen LogP contribution in [-0.2, 0) is 0 Å². The Bertz CT molecular complexity index is 530. The highest BCUT2D eigenvalue weighted by Gasteiger charge is 2.15. The van der Waals surface area contributed by atoms with Gasteiger partial charge in [-0.3, -0.25) is 0 Å². The number of aromatic nitrogens is 2. The van der Waals surface area contributed by atoms with Crippen molar-refractivity contribution < 1.29 is 4.42 Å². The Hall–Kier alpha value is -1.36. The molecule has 0 saturated carbocycles. The van der Waals surface area contributed by atoms with Gasteiger partial charge in [-0.2, -0.15) is 4.37 Å². The van der Waals surface area contributed by atoms with Crippen molar-refractivity contribution in [3.8, 4) is 0 Å². The lowest BCUT2D eigenvalue weighted by molar-refractivity contribution is 0.500. The summed E-state index contributed by atoms with van der Waals surface area (Å²) in [6.45, 7) is 10.2. The number of anilines is 1. The van der Waals surface area contributed by atoms with E-state index in [2.05, 4.69) is 41.5 Å². The van der Waals surface area contributed by atoms with Gasteiger partial charge in [0.1, 0.15) is 17.3 Å². The summed E-state index contributed by atoms with van der Waals surface area (Å²) in [6.07, 6.45) is 0. The molecule has 0 radical (unpaired) electrons. The molecular weight excluding hydrogens is 246 g/mol. The quantitative estimate of drug-likeness (QED) is 0.906. The molecule has 0 fully saturated rings. The molecule has 0 aliphatic rings. The van der Waals surface area contributed by atoms with Crippen molar-refractivity contribution in [2.75, 3.05) is 5.32 Å². The van der Waals surface area contributed by atoms with Gasteiger partial charge in [0.05, 0.1) is 6.04 Å². The van der Waals surface area contributed by atoms with Gasteiger partial charge in [-0.05, 0) is 26.8 Å². The van der Waals surface area contributed by atoms with Crippen LogP contribution in [0.4, 0.5) is 5.13 Å². The molecule has 1 N–H and O–H groups in total. The summed E-state index contributed by atoms with van der Waals surface area (Å²) in [5, 5.41) is 4.24. The summed E-state index contributed by atoms with van der Waals surface area (Å²) < 4.78 is 9.88. The maximum atomic E-state index is 5.54. The molecule has 98 valence electrons. The Kier molecular flexibility index (Phi) is 3.71. The minimum atomic E-state index is 0.176. The predicted molar refractivity (Wildman–Crippen MR) is 74.2 cm³/mol. The highest BCUT2D eigenvalue weighted by Crippen LogP contribution is 2.26. The van der Waals surface area contributed by atoms with E-state index in [-0.39, 0.29) is 6.04 Å². The van der Waals surface area contributed by atoms with E-state index in [9.17, 15) is 0 Å². The van der Waals surface area contributed by atoms with Crippen LogP contribution >= 0.6 is 11.5 Å². The lowest BCUT2D eigenvalue weighted by Gasteiger charge is -2.11. The second-order valence-electron chi connectivity index (χ2n) is 4.85. The predicted octanol–water partition coefficient (Wildman–Crippen LogP) is 4.04. The van der Waals surface area contributed by atoms with E-state index in [1.165, 1.54) is 17.1 Å². The first-order chi connectivity index (χ1) is 8.47. The molecule has 2 rings (SSSR count). The van der Waals surface area contributed by atoms with Crippen LogP contribution in [0.25, 0.3) is 0 Å². The summed E-state index contributed by atoms with van der Waals surface area (Å²) >= 11 is 1.41. The van der Waals surface area contributed by atoms with Crippen molar-refractivity contribution in [3.05, 3.63) is 29.0 Å². The number of hydrogen-bond acceptors (Lipinski definition) is 5. The highest BCUT2D eigenvalue weighted by molar-refractivity contribution is 7.09. The largest absolute Gasteiger partial charge is 0.466 e. The fourth-order valence-electron chi connectivity index (χ4n) is 1.87. The Balaban J connectivity index is 2.11. The second-order valence-corrected chi connectivity index (χ2v) is 5.60. The smallest absolute Gasteiger partial charge is 0.203 e. The molecule has 18 heavy (non-hydrogen) atoms. The highest BCUT2D eigenvalue weighted by atomic mass is 32.1. The van der Waals surface area contributed by atoms with Crippen LogP contribution in [0.5, 0.6) is 0 Å². The number of aryl methyl sites for hydroxylation is 2. The fourth-order valence-corrected chi connectivity index (χ4v) is 2.67. The summed E-state index contributed by atoms with van der Waals surface area (Å²) in [6, 6.07) is 2.24. The van der Waals surface area contributed by atoms with E-state index in [1.807, 2.05) is 13.8 Å². The molecule has 0 amide bonds. The zero-order valence-corrected chi connectivity index (χ0v) is 12.3. The van der Waals surface area contributed by atoms with E-state index < -0.39 is 0 Å². The van der Waals surface area contributed by atoms with Gasteiger partial charge in [-0.1, -0.05) is 13.8 Å². The number of nitrogens with zero attached hydrogens (tertiary/aromatic N) is 2. The Morgan fingerprint density at radius 3 is 2.50 bits per heavy atom. The lowest BCUT2D eigenvalue weighted by atomic mass is 10.1. The fraction of sp³-hybridized carbons (Fsp3) is 0.538. The van der Waals surface area contributed by atoms with Crippen LogP contribution in [0.2, 0.25) is 0 Å². The van der Waals surface area contributed by atoms with Crippen LogP contribution in [-0.4, -0.2) is 9.36 Å². The first-order valence-electron chi connectivity index (χ1n) is 6.14. The maximum absolute atomic E-state index is 5.54. The average Bonchev–Trinajstić information content (AvgIpc) is 2.85. The van der Waals surface area contributed by atoms with Crippen molar-refractivity contribution >= 4 is 16.7 Å². The van der Waals surface area contributed by atoms with Crippen molar-refractivity contribution in [3.63, 3.8) is 0 Å². The molecule has 4 nitrogen and oxygen atoms in total. The summed E-state index contributed by atoms with van der Waals surface area (Å²) in [5.41, 5.74) is 1.17. The van der Waals surface area contributed by atoms with Crippen molar-refractivity contribution in [2.24, 2.45) is 0 Å². The van der Waals surface area contributed by atoms with Crippen LogP contribution in [0.3, 0.4) is 0 Å². The molecule has 1 unspecified atom stereocenters. The van der Waals surface area contributed by atoms with Crippen molar-refractivity contribution in [1.29, 1.82) is 0 Å². The van der Waals surface area contributed by atoms with E-state index >= 15 is 0 Å². The third-order valence-electron chi connectivity index (χ3n) is 2.84. The third-order valence-corrected chi connectivity index (χ3v) is 3.50. The summed E-state index contributed by atoms with van der Waals surface area (Å²) in [4.78, 5) is 4.48. The van der Waals surface area contributed by atoms with Gasteiger partial charge in [-0.15, -0.1) is 0 Å². The molecule has 0 aliphatic heterocycles. The van der Waals surface area contributed by atoms with Gasteiger partial charge < -0.3 is 9.73 Å². The van der Waals surface area contributed by atoms with E-state index in [0.29, 0.717) is 5.92 Å². The minimum absolute atomic E-state index is 0.176. The molecule has 1 atom stereocenters. The Morgan fingerprint density at radius 2 is 2.00 bits per heavy atom. The molecule has 2 aromatic rings. The Morgan fingerprint density at radius 1 is 1.28 bits per heavy atom. The Labute approximate surface area is 112 Å². The lowest BCUT2D eigenvalue weighted by Crippen LogP contribution is -2.06. The molecular formula is C13H19N3OS. The average molecular weight is 265 g/mol. The van der Waals surface area contributed by atoms with Crippen LogP contribution in [0.15, 0.2) is 10.5 Å². The summed E-state index contributed by atoms with van der Waals surface area (Å²) in [5.74, 6) is 3.16. The van der Waals surface area contributed by atoms with Crippen molar-refractivity contribution in [2.45, 2.75) is 46.6 Å². The zero-order valence-electron chi connectivity index (χ0n) is 11.4. The van der Waals surface area contributed by atoms with Crippen LogP contribution in [0, 0.1) is 13.8 Å². The molecule has 0 saturated heterocycles. The molecule has 0 aromatic carbocycles. The van der Waals surface area contributed by atoms with Gasteiger partial charge in [0.15, 0.2) is 0 Å². The first-order valence-corrected chi connectivity index (χ1v) is 6.91. The molecule has 5 heteroatoms. The van der Waals surface area contributed by atoms with E-state index in [1.54, 1.807) is 0 Å². The summed E-state index contributed by atoms with van der Waals surface area (Å²) in [7, 11) is 0. The molecule has 0 bridgehead atoms.